The summed E-state index contributed by atoms with van der Waals surface area (Å²) in [6.45, 7) is 0. The number of carboxylic acids is 1. The molecular weight excluding hydrogens is 269 g/mol. The van der Waals surface area contributed by atoms with E-state index in [1.807, 2.05) is 0 Å². The maximum Gasteiger partial charge on any atom is 0.303 e. The first-order valence-corrected chi connectivity index (χ1v) is 6.84. The third-order valence-electron chi connectivity index (χ3n) is 4.12. The van der Waals surface area contributed by atoms with Crippen LogP contribution < -0.4 is 0 Å². The monoisotopic (exact) mass is 286 g/mol. The Kier molecular flexibility index (Phi) is 4.68. The predicted molar refractivity (Wildman–Crippen MR) is 67.9 cm³/mol. The molecule has 0 unspecified atom stereocenters. The zero-order valence-corrected chi connectivity index (χ0v) is 11.0. The van der Waals surface area contributed by atoms with Gasteiger partial charge in [-0.05, 0) is 55.6 Å². The lowest BCUT2D eigenvalue weighted by molar-refractivity contribution is -0.137. The molecule has 0 heterocycles. The molecular formula is C15H17F3O2. The number of hydrogen-bond donors (Lipinski definition) is 1. The second-order valence-corrected chi connectivity index (χ2v) is 5.41. The Morgan fingerprint density at radius 1 is 1.10 bits per heavy atom. The molecule has 1 aromatic rings. The van der Waals surface area contributed by atoms with Crippen LogP contribution in [0.2, 0.25) is 0 Å². The van der Waals surface area contributed by atoms with Gasteiger partial charge in [0.25, 0.3) is 0 Å². The average molecular weight is 286 g/mol. The molecule has 5 heteroatoms. The highest BCUT2D eigenvalue weighted by molar-refractivity contribution is 5.66. The van der Waals surface area contributed by atoms with Crippen LogP contribution in [0.1, 0.15) is 50.0 Å². The topological polar surface area (TPSA) is 37.3 Å². The highest BCUT2D eigenvalue weighted by Gasteiger charge is 2.26. The van der Waals surface area contributed by atoms with E-state index in [0.717, 1.165) is 18.9 Å². The fraction of sp³-hybridized carbons (Fsp3) is 0.533. The number of halogens is 3. The smallest absolute Gasteiger partial charge is 0.303 e. The van der Waals surface area contributed by atoms with E-state index < -0.39 is 23.4 Å². The Bertz CT molecular complexity index is 494. The third-order valence-corrected chi connectivity index (χ3v) is 4.12. The summed E-state index contributed by atoms with van der Waals surface area (Å²) in [6.07, 6.45) is 3.75. The molecule has 2 rings (SSSR count). The Morgan fingerprint density at radius 2 is 1.75 bits per heavy atom. The maximum absolute atomic E-state index is 13.7. The summed E-state index contributed by atoms with van der Waals surface area (Å²) in [6, 6.07) is 2.28. The van der Waals surface area contributed by atoms with Crippen molar-refractivity contribution >= 4 is 5.97 Å². The lowest BCUT2D eigenvalue weighted by Gasteiger charge is -2.28. The molecule has 1 aromatic carbocycles. The second-order valence-electron chi connectivity index (χ2n) is 5.41. The molecule has 1 fully saturated rings. The fourth-order valence-electron chi connectivity index (χ4n) is 2.95. The fourth-order valence-corrected chi connectivity index (χ4v) is 2.95. The summed E-state index contributed by atoms with van der Waals surface area (Å²) in [5.41, 5.74) is 0.237. The lowest BCUT2D eigenvalue weighted by atomic mass is 9.77. The molecule has 0 saturated heterocycles. The third kappa shape index (κ3) is 3.32. The first kappa shape index (κ1) is 14.9. The van der Waals surface area contributed by atoms with Crippen LogP contribution in [0.5, 0.6) is 0 Å². The Hall–Kier alpha value is -1.52. The maximum atomic E-state index is 13.7. The molecule has 0 radical (unpaired) electrons. The minimum absolute atomic E-state index is 0.105. The van der Waals surface area contributed by atoms with Crippen LogP contribution in [-0.2, 0) is 4.79 Å². The van der Waals surface area contributed by atoms with E-state index in [9.17, 15) is 18.0 Å². The van der Waals surface area contributed by atoms with Crippen molar-refractivity contribution in [3.8, 4) is 0 Å². The van der Waals surface area contributed by atoms with Crippen LogP contribution in [-0.4, -0.2) is 11.1 Å². The van der Waals surface area contributed by atoms with E-state index in [4.69, 9.17) is 5.11 Å². The van der Waals surface area contributed by atoms with Gasteiger partial charge in [0.15, 0.2) is 17.5 Å². The van der Waals surface area contributed by atoms with Crippen molar-refractivity contribution in [1.82, 2.24) is 0 Å². The van der Waals surface area contributed by atoms with Crippen molar-refractivity contribution in [2.45, 2.75) is 44.4 Å². The van der Waals surface area contributed by atoms with Gasteiger partial charge in [-0.15, -0.1) is 0 Å². The van der Waals surface area contributed by atoms with E-state index in [1.165, 1.54) is 6.07 Å². The van der Waals surface area contributed by atoms with E-state index in [1.54, 1.807) is 0 Å². The van der Waals surface area contributed by atoms with Crippen LogP contribution >= 0.6 is 0 Å². The quantitative estimate of drug-likeness (QED) is 0.840. The molecule has 0 bridgehead atoms. The number of aliphatic carboxylic acids is 1. The summed E-state index contributed by atoms with van der Waals surface area (Å²) in [5, 5.41) is 8.64. The van der Waals surface area contributed by atoms with Gasteiger partial charge >= 0.3 is 5.97 Å². The van der Waals surface area contributed by atoms with Gasteiger partial charge in [0.2, 0.25) is 0 Å². The molecule has 1 aliphatic rings. The van der Waals surface area contributed by atoms with Gasteiger partial charge in [-0.25, -0.2) is 13.2 Å². The van der Waals surface area contributed by atoms with Gasteiger partial charge in [0.05, 0.1) is 0 Å². The van der Waals surface area contributed by atoms with Crippen LogP contribution in [0.3, 0.4) is 0 Å². The Morgan fingerprint density at radius 3 is 2.35 bits per heavy atom. The molecule has 0 spiro atoms. The molecule has 0 aromatic heterocycles. The van der Waals surface area contributed by atoms with Crippen LogP contribution in [0.4, 0.5) is 13.2 Å². The molecule has 20 heavy (non-hydrogen) atoms. The van der Waals surface area contributed by atoms with Crippen molar-refractivity contribution in [3.05, 3.63) is 35.1 Å². The Labute approximate surface area is 115 Å². The van der Waals surface area contributed by atoms with Gasteiger partial charge in [-0.3, -0.25) is 4.79 Å². The first-order chi connectivity index (χ1) is 9.49. The number of carbonyl (C=O) groups is 1. The summed E-state index contributed by atoms with van der Waals surface area (Å²) in [7, 11) is 0. The molecule has 1 aliphatic carbocycles. The van der Waals surface area contributed by atoms with Crippen molar-refractivity contribution < 1.29 is 23.1 Å². The number of carboxylic acid groups (broad SMARTS) is 1. The van der Waals surface area contributed by atoms with Gasteiger partial charge in [-0.2, -0.15) is 0 Å². The zero-order valence-electron chi connectivity index (χ0n) is 11.0. The van der Waals surface area contributed by atoms with Crippen LogP contribution in [0.25, 0.3) is 0 Å². The van der Waals surface area contributed by atoms with E-state index in [0.29, 0.717) is 25.2 Å². The molecule has 1 saturated carbocycles. The summed E-state index contributed by atoms with van der Waals surface area (Å²) in [5.74, 6) is -4.24. The summed E-state index contributed by atoms with van der Waals surface area (Å²) >= 11 is 0. The minimum atomic E-state index is -1.41. The molecule has 110 valence electrons. The molecule has 1 N–H and O–H groups in total. The summed E-state index contributed by atoms with van der Waals surface area (Å²) in [4.78, 5) is 10.5. The van der Waals surface area contributed by atoms with Crippen molar-refractivity contribution in [2.75, 3.05) is 0 Å². The standard InChI is InChI=1S/C15H17F3O2/c16-12-7-6-11(14(17)15(12)18)10-4-1-9(2-5-10)3-8-13(19)20/h6-7,9-10H,1-5,8H2,(H,19,20). The van der Waals surface area contributed by atoms with E-state index in [-0.39, 0.29) is 17.9 Å². The molecule has 0 atom stereocenters. The average Bonchev–Trinajstić information content (AvgIpc) is 2.43. The lowest BCUT2D eigenvalue weighted by Crippen LogP contribution is -2.16. The van der Waals surface area contributed by atoms with Gasteiger partial charge < -0.3 is 5.11 Å². The first-order valence-electron chi connectivity index (χ1n) is 6.84. The van der Waals surface area contributed by atoms with Crippen molar-refractivity contribution in [1.29, 1.82) is 0 Å². The summed E-state index contributed by atoms with van der Waals surface area (Å²) < 4.78 is 39.8. The highest BCUT2D eigenvalue weighted by atomic mass is 19.2. The predicted octanol–water partition coefficient (Wildman–Crippen LogP) is 4.24. The van der Waals surface area contributed by atoms with Gasteiger partial charge in [0, 0.05) is 6.42 Å². The molecule has 0 amide bonds. The number of benzene rings is 1. The zero-order chi connectivity index (χ0) is 14.7. The van der Waals surface area contributed by atoms with Crippen LogP contribution in [0, 0.1) is 23.4 Å². The van der Waals surface area contributed by atoms with Gasteiger partial charge in [-0.1, -0.05) is 6.07 Å². The molecule has 0 aliphatic heterocycles. The highest BCUT2D eigenvalue weighted by Crippen LogP contribution is 2.38. The van der Waals surface area contributed by atoms with E-state index >= 15 is 0 Å². The minimum Gasteiger partial charge on any atom is -0.481 e. The molecule has 2 nitrogen and oxygen atoms in total. The van der Waals surface area contributed by atoms with E-state index in [2.05, 4.69) is 0 Å². The van der Waals surface area contributed by atoms with Crippen LogP contribution in [0.15, 0.2) is 12.1 Å². The van der Waals surface area contributed by atoms with Crippen molar-refractivity contribution in [3.63, 3.8) is 0 Å². The van der Waals surface area contributed by atoms with Crippen molar-refractivity contribution in [2.24, 2.45) is 5.92 Å². The largest absolute Gasteiger partial charge is 0.481 e. The number of rotatable bonds is 4. The Balaban J connectivity index is 1.97. The SMILES string of the molecule is O=C(O)CCC1CCC(c2ccc(F)c(F)c2F)CC1. The second kappa shape index (κ2) is 6.29. The number of hydrogen-bond acceptors (Lipinski definition) is 1. The normalized spacial score (nSPS) is 22.8. The van der Waals surface area contributed by atoms with Gasteiger partial charge in [0.1, 0.15) is 0 Å².